The van der Waals surface area contributed by atoms with Crippen LogP contribution in [-0.4, -0.2) is 40.6 Å². The van der Waals surface area contributed by atoms with Crippen LogP contribution in [0.1, 0.15) is 35.7 Å². The molecule has 1 aliphatic heterocycles. The number of carbonyl (C=O) groups is 2. The summed E-state index contributed by atoms with van der Waals surface area (Å²) in [5.41, 5.74) is 6.23. The molecule has 0 spiro atoms. The average Bonchev–Trinajstić information content (AvgIpc) is 3.40. The first kappa shape index (κ1) is 24.0. The van der Waals surface area contributed by atoms with Gasteiger partial charge < -0.3 is 20.7 Å². The van der Waals surface area contributed by atoms with Gasteiger partial charge in [0.1, 0.15) is 11.9 Å². The molecule has 2 amide bonds. The molecule has 1 unspecified atom stereocenters. The number of anilines is 3. The number of aromatic amines is 1. The minimum absolute atomic E-state index is 0.109. The van der Waals surface area contributed by atoms with Gasteiger partial charge in [-0.3, -0.25) is 23.9 Å². The lowest BCUT2D eigenvalue weighted by atomic mass is 10.1. The fraction of sp³-hybridized carbons (Fsp3) is 0.280. The predicted molar refractivity (Wildman–Crippen MR) is 133 cm³/mol. The fourth-order valence-electron chi connectivity index (χ4n) is 4.06. The van der Waals surface area contributed by atoms with Crippen LogP contribution in [0.15, 0.2) is 64.2 Å². The molecule has 2 aromatic carbocycles. The lowest BCUT2D eigenvalue weighted by molar-refractivity contribution is -0.124. The Morgan fingerprint density at radius 1 is 1.17 bits per heavy atom. The summed E-state index contributed by atoms with van der Waals surface area (Å²) in [6, 6.07) is 15.6. The van der Waals surface area contributed by atoms with E-state index in [1.165, 1.54) is 15.5 Å². The number of H-pyrrole nitrogens is 1. The van der Waals surface area contributed by atoms with E-state index in [9.17, 15) is 19.2 Å². The predicted octanol–water partition coefficient (Wildman–Crippen LogP) is 1.95. The van der Waals surface area contributed by atoms with Crippen molar-refractivity contribution in [2.45, 2.75) is 32.4 Å². The summed E-state index contributed by atoms with van der Waals surface area (Å²) in [5.74, 6) is -0.878. The number of amides is 2. The van der Waals surface area contributed by atoms with Crippen LogP contribution in [-0.2, 0) is 16.1 Å². The molecular weight excluding hydrogens is 450 g/mol. The summed E-state index contributed by atoms with van der Waals surface area (Å²) in [5, 5.41) is 2.77. The Kier molecular flexibility index (Phi) is 7.11. The molecule has 1 aliphatic rings. The van der Waals surface area contributed by atoms with Crippen molar-refractivity contribution in [3.05, 3.63) is 86.6 Å². The third-order valence-electron chi connectivity index (χ3n) is 5.83. The van der Waals surface area contributed by atoms with E-state index in [4.69, 9.17) is 10.5 Å². The Hall–Kier alpha value is -4.18. The number of hydrogen-bond donors (Lipinski definition) is 3. The van der Waals surface area contributed by atoms with Gasteiger partial charge in [-0.15, -0.1) is 0 Å². The Morgan fingerprint density at radius 3 is 2.63 bits per heavy atom. The highest BCUT2D eigenvalue weighted by molar-refractivity contribution is 6.08. The number of nitrogen functional groups attached to an aromatic ring is 1. The van der Waals surface area contributed by atoms with Crippen molar-refractivity contribution in [2.24, 2.45) is 0 Å². The molecule has 1 aromatic heterocycles. The number of carbonyl (C=O) groups excluding carboxylic acids is 2. The van der Waals surface area contributed by atoms with Crippen LogP contribution in [0.4, 0.5) is 17.2 Å². The minimum Gasteiger partial charge on any atom is -0.383 e. The fourth-order valence-corrected chi connectivity index (χ4v) is 4.06. The largest absolute Gasteiger partial charge is 0.383 e. The van der Waals surface area contributed by atoms with Crippen LogP contribution in [0.3, 0.4) is 0 Å². The third kappa shape index (κ3) is 5.17. The van der Waals surface area contributed by atoms with Gasteiger partial charge in [0.15, 0.2) is 5.69 Å². The summed E-state index contributed by atoms with van der Waals surface area (Å²) in [7, 11) is 0. The van der Waals surface area contributed by atoms with Gasteiger partial charge in [0.2, 0.25) is 0 Å². The molecule has 0 aliphatic carbocycles. The standard InChI is InChI=1S/C25H27N5O5/c1-2-29(20-21(26)30(25(34)28-23(20)32)15-16-8-4-3-5-9-16)24(33)17-10-6-11-18(14-17)27-22(31)19-12-7-13-35-19/h3-6,8-11,14,19H,2,7,12-13,15,26H2,1H3,(H,27,31)(H,28,32,34). The van der Waals surface area contributed by atoms with Crippen molar-refractivity contribution in [2.75, 3.05) is 29.1 Å². The molecule has 1 saturated heterocycles. The number of ether oxygens (including phenoxy) is 1. The van der Waals surface area contributed by atoms with Crippen molar-refractivity contribution in [1.29, 1.82) is 0 Å². The molecule has 0 bridgehead atoms. The van der Waals surface area contributed by atoms with Crippen LogP contribution in [0.5, 0.6) is 0 Å². The molecule has 2 heterocycles. The zero-order chi connectivity index (χ0) is 24.9. The maximum absolute atomic E-state index is 13.4. The van der Waals surface area contributed by atoms with Gasteiger partial charge in [-0.05, 0) is 43.5 Å². The molecule has 4 N–H and O–H groups in total. The molecule has 10 heteroatoms. The molecule has 0 radical (unpaired) electrons. The van der Waals surface area contributed by atoms with Crippen molar-refractivity contribution in [3.8, 4) is 0 Å². The van der Waals surface area contributed by atoms with E-state index >= 15 is 0 Å². The lowest BCUT2D eigenvalue weighted by Crippen LogP contribution is -2.41. The number of rotatable bonds is 7. The smallest absolute Gasteiger partial charge is 0.330 e. The van der Waals surface area contributed by atoms with Gasteiger partial charge in [0, 0.05) is 24.4 Å². The average molecular weight is 478 g/mol. The van der Waals surface area contributed by atoms with Gasteiger partial charge in [0.05, 0.1) is 6.54 Å². The number of nitrogens with two attached hydrogens (primary N) is 1. The molecule has 35 heavy (non-hydrogen) atoms. The second-order valence-electron chi connectivity index (χ2n) is 8.19. The zero-order valence-corrected chi connectivity index (χ0v) is 19.3. The lowest BCUT2D eigenvalue weighted by Gasteiger charge is -2.23. The van der Waals surface area contributed by atoms with Crippen LogP contribution < -0.4 is 27.2 Å². The highest BCUT2D eigenvalue weighted by Gasteiger charge is 2.26. The third-order valence-corrected chi connectivity index (χ3v) is 5.83. The summed E-state index contributed by atoms with van der Waals surface area (Å²) in [4.78, 5) is 54.5. The quantitative estimate of drug-likeness (QED) is 0.475. The van der Waals surface area contributed by atoms with E-state index in [2.05, 4.69) is 10.3 Å². The molecule has 182 valence electrons. The molecule has 0 saturated carbocycles. The summed E-state index contributed by atoms with van der Waals surface area (Å²) in [6.45, 7) is 2.50. The number of benzene rings is 2. The van der Waals surface area contributed by atoms with E-state index in [-0.39, 0.29) is 36.1 Å². The summed E-state index contributed by atoms with van der Waals surface area (Å²) >= 11 is 0. The second-order valence-corrected chi connectivity index (χ2v) is 8.19. The van der Waals surface area contributed by atoms with Gasteiger partial charge in [-0.1, -0.05) is 36.4 Å². The zero-order valence-electron chi connectivity index (χ0n) is 19.3. The van der Waals surface area contributed by atoms with Crippen LogP contribution in [0, 0.1) is 0 Å². The molecule has 4 rings (SSSR count). The Morgan fingerprint density at radius 2 is 1.94 bits per heavy atom. The van der Waals surface area contributed by atoms with Gasteiger partial charge >= 0.3 is 5.69 Å². The minimum atomic E-state index is -0.755. The number of hydrogen-bond acceptors (Lipinski definition) is 6. The van der Waals surface area contributed by atoms with Crippen molar-refractivity contribution < 1.29 is 14.3 Å². The number of nitrogens with one attached hydrogen (secondary N) is 2. The van der Waals surface area contributed by atoms with Gasteiger partial charge in [-0.2, -0.15) is 0 Å². The maximum Gasteiger partial charge on any atom is 0.330 e. The molecule has 1 fully saturated rings. The highest BCUT2D eigenvalue weighted by Crippen LogP contribution is 2.22. The number of nitrogens with zero attached hydrogens (tertiary/aromatic N) is 2. The van der Waals surface area contributed by atoms with E-state index in [1.807, 2.05) is 30.3 Å². The van der Waals surface area contributed by atoms with Gasteiger partial charge in [0.25, 0.3) is 17.4 Å². The first-order valence-corrected chi connectivity index (χ1v) is 11.4. The van der Waals surface area contributed by atoms with Gasteiger partial charge in [-0.25, -0.2) is 4.79 Å². The Labute approximate surface area is 201 Å². The summed E-state index contributed by atoms with van der Waals surface area (Å²) in [6.07, 6.45) is 0.963. The van der Waals surface area contributed by atoms with Crippen molar-refractivity contribution in [1.82, 2.24) is 9.55 Å². The monoisotopic (exact) mass is 477 g/mol. The first-order valence-electron chi connectivity index (χ1n) is 11.4. The Bertz CT molecular complexity index is 1340. The van der Waals surface area contributed by atoms with Crippen LogP contribution in [0.2, 0.25) is 0 Å². The first-order chi connectivity index (χ1) is 16.9. The molecular formula is C25H27N5O5. The van der Waals surface area contributed by atoms with Crippen molar-refractivity contribution >= 4 is 29.0 Å². The van der Waals surface area contributed by atoms with E-state index in [0.29, 0.717) is 18.7 Å². The molecule has 10 nitrogen and oxygen atoms in total. The Balaban J connectivity index is 1.64. The normalized spacial score (nSPS) is 15.1. The van der Waals surface area contributed by atoms with Crippen molar-refractivity contribution in [3.63, 3.8) is 0 Å². The highest BCUT2D eigenvalue weighted by atomic mass is 16.5. The maximum atomic E-state index is 13.4. The van der Waals surface area contributed by atoms with E-state index in [0.717, 1.165) is 12.0 Å². The second kappa shape index (κ2) is 10.4. The molecule has 3 aromatic rings. The summed E-state index contributed by atoms with van der Waals surface area (Å²) < 4.78 is 6.62. The van der Waals surface area contributed by atoms with Crippen LogP contribution in [0.25, 0.3) is 0 Å². The van der Waals surface area contributed by atoms with E-state index in [1.54, 1.807) is 25.1 Å². The molecule has 1 atom stereocenters. The number of aromatic nitrogens is 2. The van der Waals surface area contributed by atoms with Crippen LogP contribution >= 0.6 is 0 Å². The SMILES string of the molecule is CCN(C(=O)c1cccc(NC(=O)C2CCCO2)c1)c1c(N)n(Cc2ccccc2)c(=O)[nH]c1=O. The van der Waals surface area contributed by atoms with E-state index < -0.39 is 23.3 Å². The topological polar surface area (TPSA) is 140 Å².